The highest BCUT2D eigenvalue weighted by Gasteiger charge is 2.27. The molecule has 0 spiro atoms. The highest BCUT2D eigenvalue weighted by Crippen LogP contribution is 2.30. The molecule has 4 nitrogen and oxygen atoms in total. The third-order valence-electron chi connectivity index (χ3n) is 4.34. The number of likely N-dealkylation sites (N-methyl/N-ethyl adjacent to an activating group) is 1. The van der Waals surface area contributed by atoms with Crippen molar-refractivity contribution in [1.29, 1.82) is 0 Å². The largest absolute Gasteiger partial charge is 0.435 e. The maximum atomic E-state index is 12.1. The van der Waals surface area contributed by atoms with Gasteiger partial charge >= 0.3 is 6.61 Å². The number of nitrogens with zero attached hydrogens (tertiary/aromatic N) is 1. The maximum Gasteiger partial charge on any atom is 0.387 e. The molecule has 1 fully saturated rings. The summed E-state index contributed by atoms with van der Waals surface area (Å²) in [6, 6.07) is 6.75. The van der Waals surface area contributed by atoms with Crippen LogP contribution in [0.1, 0.15) is 24.8 Å². The summed E-state index contributed by atoms with van der Waals surface area (Å²) >= 11 is 1.90. The summed E-state index contributed by atoms with van der Waals surface area (Å²) in [6.07, 6.45) is 5.62. The van der Waals surface area contributed by atoms with Crippen LogP contribution in [0.4, 0.5) is 8.78 Å². The van der Waals surface area contributed by atoms with Gasteiger partial charge in [-0.25, -0.2) is 0 Å². The lowest BCUT2D eigenvalue weighted by Crippen LogP contribution is -2.39. The van der Waals surface area contributed by atoms with E-state index in [0.717, 1.165) is 18.4 Å². The number of carbonyl (C=O) groups is 1. The smallest absolute Gasteiger partial charge is 0.387 e. The molecular formula is C17H24F2N2O2S. The number of hydrogen-bond acceptors (Lipinski definition) is 4. The molecule has 2 atom stereocenters. The molecule has 7 heteroatoms. The van der Waals surface area contributed by atoms with Gasteiger partial charge in [0.1, 0.15) is 5.75 Å². The first-order valence-corrected chi connectivity index (χ1v) is 9.30. The van der Waals surface area contributed by atoms with E-state index in [1.54, 1.807) is 12.1 Å². The van der Waals surface area contributed by atoms with Crippen molar-refractivity contribution in [2.75, 3.05) is 19.8 Å². The number of halogens is 2. The predicted molar refractivity (Wildman–Crippen MR) is 92.5 cm³/mol. The summed E-state index contributed by atoms with van der Waals surface area (Å²) in [5, 5.41) is 3.57. The third kappa shape index (κ3) is 5.94. The number of nitrogens with one attached hydrogen (secondary N) is 1. The molecule has 134 valence electrons. The summed E-state index contributed by atoms with van der Waals surface area (Å²) in [6.45, 7) is -2.08. The first kappa shape index (κ1) is 19.0. The summed E-state index contributed by atoms with van der Waals surface area (Å²) in [4.78, 5) is 14.2. The van der Waals surface area contributed by atoms with Crippen LogP contribution in [-0.4, -0.2) is 48.6 Å². The van der Waals surface area contributed by atoms with E-state index in [1.165, 1.54) is 18.6 Å². The number of thioether (sulfide) groups is 1. The van der Waals surface area contributed by atoms with Crippen LogP contribution >= 0.6 is 11.8 Å². The van der Waals surface area contributed by atoms with Gasteiger partial charge in [-0.05, 0) is 50.3 Å². The monoisotopic (exact) mass is 358 g/mol. The van der Waals surface area contributed by atoms with Crippen LogP contribution in [0, 0.1) is 0 Å². The Morgan fingerprint density at radius 1 is 1.38 bits per heavy atom. The van der Waals surface area contributed by atoms with Gasteiger partial charge in [0.25, 0.3) is 0 Å². The molecule has 0 heterocycles. The fraction of sp³-hybridized carbons (Fsp3) is 0.588. The van der Waals surface area contributed by atoms with Crippen molar-refractivity contribution < 1.29 is 18.3 Å². The molecule has 0 aromatic heterocycles. The van der Waals surface area contributed by atoms with Gasteiger partial charge in [0.15, 0.2) is 0 Å². The summed E-state index contributed by atoms with van der Waals surface area (Å²) in [5.74, 6) is 0.0856. The number of rotatable bonds is 8. The lowest BCUT2D eigenvalue weighted by molar-refractivity contribution is -0.122. The van der Waals surface area contributed by atoms with E-state index < -0.39 is 6.61 Å². The van der Waals surface area contributed by atoms with Crippen molar-refractivity contribution >= 4 is 17.7 Å². The second-order valence-corrected chi connectivity index (χ2v) is 7.18. The SMILES string of the molecule is CS[C@@H]1CC[C@H](N(C)CC(=O)NCc2ccc(OC(F)F)cc2)C1. The first-order valence-electron chi connectivity index (χ1n) is 8.01. The van der Waals surface area contributed by atoms with Crippen molar-refractivity contribution in [2.45, 2.75) is 43.7 Å². The molecule has 0 radical (unpaired) electrons. The van der Waals surface area contributed by atoms with E-state index in [4.69, 9.17) is 0 Å². The summed E-state index contributed by atoms with van der Waals surface area (Å²) < 4.78 is 28.5. The Morgan fingerprint density at radius 2 is 2.08 bits per heavy atom. The fourth-order valence-electron chi connectivity index (χ4n) is 2.93. The third-order valence-corrected chi connectivity index (χ3v) is 5.44. The Hall–Kier alpha value is -1.34. The molecule has 2 rings (SSSR count). The first-order chi connectivity index (χ1) is 11.5. The molecule has 1 aliphatic carbocycles. The number of benzene rings is 1. The quantitative estimate of drug-likeness (QED) is 0.775. The van der Waals surface area contributed by atoms with Gasteiger partial charge in [0.05, 0.1) is 6.54 Å². The maximum absolute atomic E-state index is 12.1. The van der Waals surface area contributed by atoms with Gasteiger partial charge in [-0.3, -0.25) is 9.69 Å². The van der Waals surface area contributed by atoms with E-state index in [0.29, 0.717) is 24.4 Å². The molecule has 1 amide bonds. The minimum atomic E-state index is -2.83. The van der Waals surface area contributed by atoms with Crippen molar-refractivity contribution in [3.05, 3.63) is 29.8 Å². The van der Waals surface area contributed by atoms with Crippen LogP contribution in [0.3, 0.4) is 0 Å². The molecular weight excluding hydrogens is 334 g/mol. The van der Waals surface area contributed by atoms with Crippen molar-refractivity contribution in [2.24, 2.45) is 0 Å². The van der Waals surface area contributed by atoms with Crippen molar-refractivity contribution in [1.82, 2.24) is 10.2 Å². The average molecular weight is 358 g/mol. The van der Waals surface area contributed by atoms with Gasteiger partial charge < -0.3 is 10.1 Å². The van der Waals surface area contributed by atoms with Crippen LogP contribution in [0.25, 0.3) is 0 Å². The van der Waals surface area contributed by atoms with Crippen molar-refractivity contribution in [3.8, 4) is 5.75 Å². The number of carbonyl (C=O) groups excluding carboxylic acids is 1. The zero-order valence-corrected chi connectivity index (χ0v) is 14.8. The van der Waals surface area contributed by atoms with Crippen LogP contribution in [-0.2, 0) is 11.3 Å². The molecule has 1 saturated carbocycles. The van der Waals surface area contributed by atoms with Crippen LogP contribution in [0.5, 0.6) is 5.75 Å². The van der Waals surface area contributed by atoms with Crippen molar-refractivity contribution in [3.63, 3.8) is 0 Å². The fourth-order valence-corrected chi connectivity index (χ4v) is 3.72. The lowest BCUT2D eigenvalue weighted by Gasteiger charge is -2.23. The van der Waals surface area contributed by atoms with Gasteiger partial charge in [0.2, 0.25) is 5.91 Å². The Balaban J connectivity index is 1.72. The highest BCUT2D eigenvalue weighted by molar-refractivity contribution is 7.99. The number of ether oxygens (including phenoxy) is 1. The Morgan fingerprint density at radius 3 is 2.67 bits per heavy atom. The Bertz CT molecular complexity index is 528. The zero-order valence-electron chi connectivity index (χ0n) is 14.0. The van der Waals surface area contributed by atoms with E-state index in [2.05, 4.69) is 21.2 Å². The summed E-state index contributed by atoms with van der Waals surface area (Å²) in [5.41, 5.74) is 0.843. The number of hydrogen-bond donors (Lipinski definition) is 1. The minimum absolute atomic E-state index is 0.0296. The number of alkyl halides is 2. The van der Waals surface area contributed by atoms with Gasteiger partial charge in [-0.2, -0.15) is 20.5 Å². The topological polar surface area (TPSA) is 41.6 Å². The molecule has 0 bridgehead atoms. The molecule has 24 heavy (non-hydrogen) atoms. The van der Waals surface area contributed by atoms with Crippen LogP contribution in [0.15, 0.2) is 24.3 Å². The average Bonchev–Trinajstić information content (AvgIpc) is 3.03. The molecule has 0 saturated heterocycles. The van der Waals surface area contributed by atoms with Gasteiger partial charge in [-0.1, -0.05) is 12.1 Å². The minimum Gasteiger partial charge on any atom is -0.435 e. The van der Waals surface area contributed by atoms with Gasteiger partial charge in [-0.15, -0.1) is 0 Å². The number of amides is 1. The molecule has 1 aromatic rings. The molecule has 1 aromatic carbocycles. The van der Waals surface area contributed by atoms with E-state index in [1.807, 2.05) is 18.8 Å². The Labute approximate surface area is 145 Å². The normalized spacial score (nSPS) is 20.6. The van der Waals surface area contributed by atoms with Crippen LogP contribution in [0.2, 0.25) is 0 Å². The zero-order chi connectivity index (χ0) is 17.5. The lowest BCUT2D eigenvalue weighted by atomic mass is 10.2. The van der Waals surface area contributed by atoms with E-state index in [-0.39, 0.29) is 11.7 Å². The van der Waals surface area contributed by atoms with Crippen LogP contribution < -0.4 is 10.1 Å². The Kier molecular flexibility index (Phi) is 7.30. The molecule has 1 aliphatic rings. The second-order valence-electron chi connectivity index (χ2n) is 6.04. The van der Waals surface area contributed by atoms with Gasteiger partial charge in [0, 0.05) is 17.8 Å². The summed E-state index contributed by atoms with van der Waals surface area (Å²) in [7, 11) is 1.99. The predicted octanol–water partition coefficient (Wildman–Crippen LogP) is 3.12. The second kappa shape index (κ2) is 9.22. The van der Waals surface area contributed by atoms with E-state index >= 15 is 0 Å². The molecule has 0 unspecified atom stereocenters. The van der Waals surface area contributed by atoms with E-state index in [9.17, 15) is 13.6 Å². The molecule has 0 aliphatic heterocycles. The standard InChI is InChI=1S/C17H24F2N2O2S/c1-21(13-5-8-15(9-13)24-2)11-16(22)20-10-12-3-6-14(7-4-12)23-17(18)19/h3-4,6-7,13,15,17H,5,8-11H2,1-2H3,(H,20,22)/t13-,15+/m0/s1. The molecule has 1 N–H and O–H groups in total. The highest BCUT2D eigenvalue weighted by atomic mass is 32.2.